The number of aromatic nitrogens is 1. The van der Waals surface area contributed by atoms with E-state index in [2.05, 4.69) is 0 Å². The maximum Gasteiger partial charge on any atom is 0.331 e. The molecule has 16 heavy (non-hydrogen) atoms. The molecule has 82 valence electrons. The van der Waals surface area contributed by atoms with Gasteiger partial charge in [0, 0.05) is 6.07 Å². The average Bonchev–Trinajstić information content (AvgIpc) is 2.28. The number of nitro groups is 1. The van der Waals surface area contributed by atoms with Crippen LogP contribution in [-0.4, -0.2) is 12.0 Å². The Labute approximate surface area is 90.4 Å². The second kappa shape index (κ2) is 3.65. The number of ether oxygens (including phenoxy) is 1. The van der Waals surface area contributed by atoms with Crippen LogP contribution < -0.4 is 9.47 Å². The van der Waals surface area contributed by atoms with Crippen molar-refractivity contribution in [2.24, 2.45) is 0 Å². The lowest BCUT2D eigenvalue weighted by atomic mass is 10.2. The van der Waals surface area contributed by atoms with Crippen molar-refractivity contribution in [3.63, 3.8) is 0 Å². The number of hydrogen-bond acceptors (Lipinski definition) is 4. The molecule has 1 aromatic carbocycles. The van der Waals surface area contributed by atoms with Gasteiger partial charge in [0.1, 0.15) is 5.39 Å². The molecule has 0 spiro atoms. The van der Waals surface area contributed by atoms with Crippen molar-refractivity contribution in [2.75, 3.05) is 7.11 Å². The molecule has 0 aliphatic carbocycles. The Kier molecular flexibility index (Phi) is 2.32. The predicted octanol–water partition coefficient (Wildman–Crippen LogP) is 1.39. The van der Waals surface area contributed by atoms with Crippen LogP contribution in [0.3, 0.4) is 0 Å². The van der Waals surface area contributed by atoms with Gasteiger partial charge in [-0.2, -0.15) is 4.73 Å². The molecule has 1 aromatic heterocycles. The van der Waals surface area contributed by atoms with E-state index in [1.54, 1.807) is 12.1 Å². The first kappa shape index (κ1) is 10.2. The average molecular weight is 220 g/mol. The van der Waals surface area contributed by atoms with Crippen LogP contribution in [0.5, 0.6) is 5.75 Å². The molecule has 0 saturated carbocycles. The van der Waals surface area contributed by atoms with Crippen LogP contribution in [-0.2, 0) is 0 Å². The van der Waals surface area contributed by atoms with E-state index in [4.69, 9.17) is 4.74 Å². The molecule has 6 nitrogen and oxygen atoms in total. The van der Waals surface area contributed by atoms with Crippen molar-refractivity contribution in [1.82, 2.24) is 0 Å². The molecule has 0 aliphatic rings. The minimum atomic E-state index is -0.554. The highest BCUT2D eigenvalue weighted by atomic mass is 16.6. The fourth-order valence-electron chi connectivity index (χ4n) is 1.57. The molecule has 0 bridgehead atoms. The Morgan fingerprint density at radius 3 is 2.69 bits per heavy atom. The predicted molar refractivity (Wildman–Crippen MR) is 56.1 cm³/mol. The first-order chi connectivity index (χ1) is 7.65. The molecular formula is C10H8N2O4. The Morgan fingerprint density at radius 1 is 1.38 bits per heavy atom. The van der Waals surface area contributed by atoms with Crippen molar-refractivity contribution >= 4 is 16.6 Å². The molecule has 1 heterocycles. The summed E-state index contributed by atoms with van der Waals surface area (Å²) in [4.78, 5) is 10.4. The van der Waals surface area contributed by atoms with E-state index < -0.39 is 4.92 Å². The van der Waals surface area contributed by atoms with E-state index >= 15 is 0 Å². The zero-order valence-corrected chi connectivity index (χ0v) is 8.41. The van der Waals surface area contributed by atoms with Crippen LogP contribution in [0.1, 0.15) is 0 Å². The number of rotatable bonds is 2. The topological polar surface area (TPSA) is 79.3 Å². The van der Waals surface area contributed by atoms with Gasteiger partial charge in [-0.1, -0.05) is 12.1 Å². The van der Waals surface area contributed by atoms with Gasteiger partial charge in [-0.3, -0.25) is 10.1 Å². The van der Waals surface area contributed by atoms with Crippen molar-refractivity contribution in [3.8, 4) is 5.75 Å². The fraction of sp³-hybridized carbons (Fsp3) is 0.100. The van der Waals surface area contributed by atoms with E-state index in [0.717, 1.165) is 6.20 Å². The number of para-hydroxylation sites is 1. The summed E-state index contributed by atoms with van der Waals surface area (Å²) in [5, 5.41) is 22.7. The van der Waals surface area contributed by atoms with Crippen molar-refractivity contribution in [2.45, 2.75) is 0 Å². The van der Waals surface area contributed by atoms with Crippen LogP contribution >= 0.6 is 0 Å². The van der Waals surface area contributed by atoms with E-state index in [1.807, 2.05) is 0 Å². The molecule has 0 atom stereocenters. The van der Waals surface area contributed by atoms with Crippen molar-refractivity contribution in [3.05, 3.63) is 45.8 Å². The summed E-state index contributed by atoms with van der Waals surface area (Å²) in [5.41, 5.74) is 0.0557. The van der Waals surface area contributed by atoms with Crippen LogP contribution in [0.4, 0.5) is 5.69 Å². The lowest BCUT2D eigenvalue weighted by Crippen LogP contribution is -2.27. The summed E-state index contributed by atoms with van der Waals surface area (Å²) in [6.45, 7) is 0. The van der Waals surface area contributed by atoms with Gasteiger partial charge < -0.3 is 9.94 Å². The Hall–Kier alpha value is -2.37. The smallest absolute Gasteiger partial charge is 0.331 e. The molecule has 0 amide bonds. The minimum Gasteiger partial charge on any atom is -0.618 e. The van der Waals surface area contributed by atoms with E-state index in [-0.39, 0.29) is 22.3 Å². The van der Waals surface area contributed by atoms with Crippen molar-refractivity contribution < 1.29 is 14.4 Å². The second-order valence-electron chi connectivity index (χ2n) is 3.15. The summed E-state index contributed by atoms with van der Waals surface area (Å²) in [6, 6.07) is 6.32. The van der Waals surface area contributed by atoms with Gasteiger partial charge in [0.2, 0.25) is 11.7 Å². The molecule has 0 N–H and O–H groups in total. The van der Waals surface area contributed by atoms with Gasteiger partial charge >= 0.3 is 5.69 Å². The number of nitrogens with zero attached hydrogens (tertiary/aromatic N) is 2. The van der Waals surface area contributed by atoms with E-state index in [9.17, 15) is 15.3 Å². The summed E-state index contributed by atoms with van der Waals surface area (Å²) in [6.07, 6.45) is 1.06. The van der Waals surface area contributed by atoms with E-state index in [1.165, 1.54) is 19.2 Å². The SMILES string of the molecule is COc1c[n+]([O-])c2ccccc2c1[N+](=O)[O-]. The number of benzene rings is 1. The molecule has 6 heteroatoms. The zero-order valence-electron chi connectivity index (χ0n) is 8.41. The quantitative estimate of drug-likeness (QED) is 0.331. The molecule has 0 fully saturated rings. The van der Waals surface area contributed by atoms with E-state index in [0.29, 0.717) is 4.73 Å². The third-order valence-corrected chi connectivity index (χ3v) is 2.27. The highest BCUT2D eigenvalue weighted by molar-refractivity contribution is 5.88. The minimum absolute atomic E-state index is 0.0429. The zero-order chi connectivity index (χ0) is 11.7. The lowest BCUT2D eigenvalue weighted by Gasteiger charge is -2.05. The van der Waals surface area contributed by atoms with Gasteiger partial charge in [-0.15, -0.1) is 0 Å². The standard InChI is InChI=1S/C10H8N2O4/c1-16-9-6-11(13)8-5-3-2-4-7(8)10(9)12(14)15/h2-6H,1H3. The summed E-state index contributed by atoms with van der Waals surface area (Å²) >= 11 is 0. The maximum absolute atomic E-state index is 11.5. The Bertz CT molecular complexity index is 568. The normalized spacial score (nSPS) is 10.3. The van der Waals surface area contributed by atoms with Gasteiger partial charge in [-0.05, 0) is 6.07 Å². The fourth-order valence-corrected chi connectivity index (χ4v) is 1.57. The van der Waals surface area contributed by atoms with Crippen LogP contribution in [0.25, 0.3) is 10.9 Å². The monoisotopic (exact) mass is 220 g/mol. The molecule has 0 radical (unpaired) electrons. The largest absolute Gasteiger partial charge is 0.618 e. The Balaban J connectivity index is 2.92. The Morgan fingerprint density at radius 2 is 2.06 bits per heavy atom. The summed E-state index contributed by atoms with van der Waals surface area (Å²) in [5.74, 6) is -0.0429. The summed E-state index contributed by atoms with van der Waals surface area (Å²) < 4.78 is 5.39. The van der Waals surface area contributed by atoms with Crippen LogP contribution in [0, 0.1) is 15.3 Å². The molecule has 0 saturated heterocycles. The highest BCUT2D eigenvalue weighted by Gasteiger charge is 2.24. The van der Waals surface area contributed by atoms with Crippen LogP contribution in [0.2, 0.25) is 0 Å². The molecule has 2 aromatic rings. The molecular weight excluding hydrogens is 212 g/mol. The van der Waals surface area contributed by atoms with Crippen molar-refractivity contribution in [1.29, 1.82) is 0 Å². The first-order valence-corrected chi connectivity index (χ1v) is 4.48. The van der Waals surface area contributed by atoms with Gasteiger partial charge in [0.05, 0.1) is 12.0 Å². The number of fused-ring (bicyclic) bond motifs is 1. The van der Waals surface area contributed by atoms with Gasteiger partial charge in [-0.25, -0.2) is 0 Å². The summed E-state index contributed by atoms with van der Waals surface area (Å²) in [7, 11) is 1.29. The molecule has 0 aliphatic heterocycles. The third kappa shape index (κ3) is 1.40. The lowest BCUT2D eigenvalue weighted by molar-refractivity contribution is -0.578. The third-order valence-electron chi connectivity index (χ3n) is 2.27. The number of pyridine rings is 1. The number of methoxy groups -OCH3 is 1. The van der Waals surface area contributed by atoms with Crippen LogP contribution in [0.15, 0.2) is 30.5 Å². The molecule has 0 unspecified atom stereocenters. The number of hydrogen-bond donors (Lipinski definition) is 0. The second-order valence-corrected chi connectivity index (χ2v) is 3.15. The maximum atomic E-state index is 11.5. The molecule has 2 rings (SSSR count). The van der Waals surface area contributed by atoms with Gasteiger partial charge in [0.15, 0.2) is 0 Å². The highest BCUT2D eigenvalue weighted by Crippen LogP contribution is 2.32. The first-order valence-electron chi connectivity index (χ1n) is 4.48. The van der Waals surface area contributed by atoms with Gasteiger partial charge in [0.25, 0.3) is 5.75 Å².